The summed E-state index contributed by atoms with van der Waals surface area (Å²) in [4.78, 5) is 4.20. The fourth-order valence-corrected chi connectivity index (χ4v) is 2.10. The van der Waals surface area contributed by atoms with Gasteiger partial charge in [-0.05, 0) is 43.2 Å². The third-order valence-electron chi connectivity index (χ3n) is 3.13. The van der Waals surface area contributed by atoms with Gasteiger partial charge < -0.3 is 15.8 Å². The Bertz CT molecular complexity index is 697. The number of alkyl halides is 3. The number of benzene rings is 2. The van der Waals surface area contributed by atoms with Crippen molar-refractivity contribution in [3.63, 3.8) is 0 Å². The second kappa shape index (κ2) is 7.72. The van der Waals surface area contributed by atoms with Gasteiger partial charge in [-0.25, -0.2) is 0 Å². The number of aliphatic imine (C=N–C) groups is 1. The van der Waals surface area contributed by atoms with Crippen molar-refractivity contribution in [1.29, 1.82) is 0 Å². The van der Waals surface area contributed by atoms with Crippen molar-refractivity contribution in [2.75, 3.05) is 11.9 Å². The Morgan fingerprint density at radius 1 is 1.17 bits per heavy atom. The van der Waals surface area contributed by atoms with E-state index in [4.69, 9.17) is 5.73 Å². The average molecular weight is 337 g/mol. The minimum absolute atomic E-state index is 0.201. The summed E-state index contributed by atoms with van der Waals surface area (Å²) in [7, 11) is 0. The molecule has 0 atom stereocenters. The first-order chi connectivity index (χ1) is 11.3. The summed E-state index contributed by atoms with van der Waals surface area (Å²) >= 11 is 0. The first-order valence-corrected chi connectivity index (χ1v) is 7.30. The SMILES string of the molecule is Cc1cccc(CCN=C(N)Nc2ccc(OC(F)(F)F)cc2)c1. The molecule has 0 saturated heterocycles. The molecule has 2 rings (SSSR count). The van der Waals surface area contributed by atoms with Crippen LogP contribution in [-0.2, 0) is 6.42 Å². The lowest BCUT2D eigenvalue weighted by Crippen LogP contribution is -2.23. The summed E-state index contributed by atoms with van der Waals surface area (Å²) in [6.45, 7) is 2.53. The molecule has 3 N–H and O–H groups in total. The quantitative estimate of drug-likeness (QED) is 0.643. The van der Waals surface area contributed by atoms with Crippen molar-refractivity contribution in [2.45, 2.75) is 19.7 Å². The van der Waals surface area contributed by atoms with Crippen LogP contribution in [0, 0.1) is 6.92 Å². The highest BCUT2D eigenvalue weighted by atomic mass is 19.4. The Morgan fingerprint density at radius 3 is 2.50 bits per heavy atom. The third kappa shape index (κ3) is 6.20. The fraction of sp³-hybridized carbons (Fsp3) is 0.235. The molecule has 2 aromatic rings. The Hall–Kier alpha value is -2.70. The van der Waals surface area contributed by atoms with E-state index in [1.165, 1.54) is 35.4 Å². The van der Waals surface area contributed by atoms with E-state index in [9.17, 15) is 13.2 Å². The number of nitrogens with one attached hydrogen (secondary N) is 1. The Kier molecular flexibility index (Phi) is 5.68. The van der Waals surface area contributed by atoms with Crippen molar-refractivity contribution in [3.05, 3.63) is 59.7 Å². The minimum atomic E-state index is -4.70. The third-order valence-corrected chi connectivity index (χ3v) is 3.13. The lowest BCUT2D eigenvalue weighted by molar-refractivity contribution is -0.274. The summed E-state index contributed by atoms with van der Waals surface area (Å²) < 4.78 is 40.0. The number of halogens is 3. The zero-order valence-corrected chi connectivity index (χ0v) is 13.1. The molecule has 4 nitrogen and oxygen atoms in total. The Labute approximate surface area is 138 Å². The molecule has 0 aliphatic heterocycles. The number of ether oxygens (including phenoxy) is 1. The van der Waals surface area contributed by atoms with Crippen LogP contribution in [0.5, 0.6) is 5.75 Å². The van der Waals surface area contributed by atoms with Gasteiger partial charge in [0, 0.05) is 12.2 Å². The highest BCUT2D eigenvalue weighted by molar-refractivity contribution is 5.92. The number of nitrogens with two attached hydrogens (primary N) is 1. The normalized spacial score (nSPS) is 12.1. The van der Waals surface area contributed by atoms with E-state index in [1.807, 2.05) is 25.1 Å². The molecule has 0 spiro atoms. The molecule has 0 aromatic heterocycles. The monoisotopic (exact) mass is 337 g/mol. The molecule has 0 radical (unpaired) electrons. The standard InChI is InChI=1S/C17H18F3N3O/c1-12-3-2-4-13(11-12)9-10-22-16(21)23-14-5-7-15(8-6-14)24-17(18,19)20/h2-8,11H,9-10H2,1H3,(H3,21,22,23). The van der Waals surface area contributed by atoms with Crippen LogP contribution in [0.4, 0.5) is 18.9 Å². The molecular weight excluding hydrogens is 319 g/mol. The number of anilines is 1. The van der Waals surface area contributed by atoms with Crippen LogP contribution in [-0.4, -0.2) is 18.9 Å². The van der Waals surface area contributed by atoms with Crippen LogP contribution in [0.15, 0.2) is 53.5 Å². The van der Waals surface area contributed by atoms with Gasteiger partial charge in [-0.3, -0.25) is 4.99 Å². The molecule has 0 bridgehead atoms. The number of rotatable bonds is 5. The van der Waals surface area contributed by atoms with Gasteiger partial charge in [0.1, 0.15) is 5.75 Å². The van der Waals surface area contributed by atoms with E-state index >= 15 is 0 Å². The predicted molar refractivity (Wildman–Crippen MR) is 88.1 cm³/mol. The van der Waals surface area contributed by atoms with Crippen LogP contribution in [0.3, 0.4) is 0 Å². The molecule has 0 aliphatic rings. The lowest BCUT2D eigenvalue weighted by atomic mass is 10.1. The topological polar surface area (TPSA) is 59.6 Å². The van der Waals surface area contributed by atoms with Gasteiger partial charge in [0.25, 0.3) is 0 Å². The molecule has 0 saturated carbocycles. The van der Waals surface area contributed by atoms with Crippen LogP contribution in [0.25, 0.3) is 0 Å². The zero-order chi connectivity index (χ0) is 17.6. The molecule has 0 fully saturated rings. The van der Waals surface area contributed by atoms with E-state index < -0.39 is 6.36 Å². The highest BCUT2D eigenvalue weighted by Gasteiger charge is 2.30. The molecule has 0 heterocycles. The van der Waals surface area contributed by atoms with Crippen molar-refractivity contribution in [2.24, 2.45) is 10.7 Å². The van der Waals surface area contributed by atoms with Gasteiger partial charge in [-0.1, -0.05) is 29.8 Å². The van der Waals surface area contributed by atoms with E-state index in [-0.39, 0.29) is 11.7 Å². The molecule has 0 aliphatic carbocycles. The van der Waals surface area contributed by atoms with Gasteiger partial charge in [-0.2, -0.15) is 0 Å². The largest absolute Gasteiger partial charge is 0.573 e. The van der Waals surface area contributed by atoms with Gasteiger partial charge in [0.05, 0.1) is 0 Å². The summed E-state index contributed by atoms with van der Waals surface area (Å²) in [5, 5.41) is 2.82. The summed E-state index contributed by atoms with van der Waals surface area (Å²) in [6.07, 6.45) is -3.95. The van der Waals surface area contributed by atoms with E-state index in [0.717, 1.165) is 6.42 Å². The van der Waals surface area contributed by atoms with Crippen molar-refractivity contribution in [1.82, 2.24) is 0 Å². The summed E-state index contributed by atoms with van der Waals surface area (Å²) in [5.74, 6) is -0.0878. The van der Waals surface area contributed by atoms with Crippen LogP contribution >= 0.6 is 0 Å². The first-order valence-electron chi connectivity index (χ1n) is 7.30. The molecule has 7 heteroatoms. The number of guanidine groups is 1. The summed E-state index contributed by atoms with van der Waals surface area (Å²) in [6, 6.07) is 13.4. The number of nitrogens with zero attached hydrogens (tertiary/aromatic N) is 1. The molecule has 128 valence electrons. The van der Waals surface area contributed by atoms with E-state index in [2.05, 4.69) is 21.1 Å². The smallest absolute Gasteiger partial charge is 0.406 e. The minimum Gasteiger partial charge on any atom is -0.406 e. The van der Waals surface area contributed by atoms with Gasteiger partial charge in [0.15, 0.2) is 5.96 Å². The fourth-order valence-electron chi connectivity index (χ4n) is 2.10. The van der Waals surface area contributed by atoms with Gasteiger partial charge in [-0.15, -0.1) is 13.2 Å². The van der Waals surface area contributed by atoms with Crippen LogP contribution in [0.1, 0.15) is 11.1 Å². The second-order valence-corrected chi connectivity index (χ2v) is 5.20. The Balaban J connectivity index is 1.86. The van der Waals surface area contributed by atoms with Crippen LogP contribution < -0.4 is 15.8 Å². The number of aryl methyl sites for hydroxylation is 1. The van der Waals surface area contributed by atoms with Gasteiger partial charge in [0.2, 0.25) is 0 Å². The maximum Gasteiger partial charge on any atom is 0.573 e. The molecule has 0 amide bonds. The van der Waals surface area contributed by atoms with Crippen molar-refractivity contribution in [3.8, 4) is 5.75 Å². The maximum atomic E-state index is 12.1. The lowest BCUT2D eigenvalue weighted by Gasteiger charge is -2.10. The molecular formula is C17H18F3N3O. The van der Waals surface area contributed by atoms with Gasteiger partial charge >= 0.3 is 6.36 Å². The van der Waals surface area contributed by atoms with Crippen molar-refractivity contribution >= 4 is 11.6 Å². The second-order valence-electron chi connectivity index (χ2n) is 5.20. The maximum absolute atomic E-state index is 12.1. The predicted octanol–water partition coefficient (Wildman–Crippen LogP) is 3.86. The molecule has 2 aromatic carbocycles. The average Bonchev–Trinajstić information content (AvgIpc) is 2.48. The van der Waals surface area contributed by atoms with Crippen LogP contribution in [0.2, 0.25) is 0 Å². The Morgan fingerprint density at radius 2 is 1.88 bits per heavy atom. The van der Waals surface area contributed by atoms with Crippen molar-refractivity contribution < 1.29 is 17.9 Å². The summed E-state index contributed by atoms with van der Waals surface area (Å²) in [5.41, 5.74) is 8.65. The highest BCUT2D eigenvalue weighted by Crippen LogP contribution is 2.23. The van der Waals surface area contributed by atoms with E-state index in [1.54, 1.807) is 0 Å². The number of hydrogen-bond donors (Lipinski definition) is 2. The number of hydrogen-bond acceptors (Lipinski definition) is 2. The first kappa shape index (κ1) is 17.7. The molecule has 24 heavy (non-hydrogen) atoms. The van der Waals surface area contributed by atoms with E-state index in [0.29, 0.717) is 12.2 Å². The zero-order valence-electron chi connectivity index (χ0n) is 13.1. The molecule has 0 unspecified atom stereocenters.